The minimum atomic E-state index is -0.813. The molecule has 0 aromatic heterocycles. The van der Waals surface area contributed by atoms with Gasteiger partial charge in [0.2, 0.25) is 11.8 Å². The van der Waals surface area contributed by atoms with E-state index in [1.807, 2.05) is 0 Å². The summed E-state index contributed by atoms with van der Waals surface area (Å²) in [5.41, 5.74) is 4.88. The highest BCUT2D eigenvalue weighted by Crippen LogP contribution is 1.86. The molecule has 0 aromatic carbocycles. The maximum Gasteiger partial charge on any atom is 0.329 e. The van der Waals surface area contributed by atoms with Crippen molar-refractivity contribution in [2.24, 2.45) is 5.73 Å². The van der Waals surface area contributed by atoms with Gasteiger partial charge in [-0.2, -0.15) is 0 Å². The summed E-state index contributed by atoms with van der Waals surface area (Å²) in [6.45, 7) is 1.31. The molecule has 86 valence electrons. The smallest absolute Gasteiger partial charge is 0.329 e. The molecule has 7 heteroatoms. The van der Waals surface area contributed by atoms with Crippen molar-refractivity contribution in [3.8, 4) is 0 Å². The molecule has 1 atom stereocenters. The van der Waals surface area contributed by atoms with E-state index in [0.29, 0.717) is 0 Å². The van der Waals surface area contributed by atoms with Gasteiger partial charge in [0, 0.05) is 13.5 Å². The maximum absolute atomic E-state index is 11.1. The Labute approximate surface area is 87.3 Å². The van der Waals surface area contributed by atoms with E-state index < -0.39 is 17.9 Å². The molecule has 1 unspecified atom stereocenters. The van der Waals surface area contributed by atoms with E-state index >= 15 is 0 Å². The third-order valence-corrected chi connectivity index (χ3v) is 1.51. The SMILES string of the molecule is COC(=O)C(CNCC(N)=O)NC(C)=O. The van der Waals surface area contributed by atoms with Crippen LogP contribution in [-0.2, 0) is 19.1 Å². The van der Waals surface area contributed by atoms with Gasteiger partial charge in [-0.25, -0.2) is 4.79 Å². The summed E-state index contributed by atoms with van der Waals surface area (Å²) in [5, 5.41) is 4.99. The highest BCUT2D eigenvalue weighted by atomic mass is 16.5. The molecule has 0 radical (unpaired) electrons. The molecule has 0 aliphatic heterocycles. The molecule has 2 amide bonds. The minimum absolute atomic E-state index is 0.0624. The lowest BCUT2D eigenvalue weighted by atomic mass is 10.3. The topological polar surface area (TPSA) is 111 Å². The molecule has 0 saturated heterocycles. The number of esters is 1. The number of hydrogen-bond donors (Lipinski definition) is 3. The number of primary amides is 1. The Morgan fingerprint density at radius 2 is 2.00 bits per heavy atom. The Balaban J connectivity index is 4.07. The number of hydrogen-bond acceptors (Lipinski definition) is 5. The van der Waals surface area contributed by atoms with Crippen LogP contribution in [0.5, 0.6) is 0 Å². The average Bonchev–Trinajstić information content (AvgIpc) is 2.14. The van der Waals surface area contributed by atoms with Crippen LogP contribution in [0.15, 0.2) is 0 Å². The number of amides is 2. The summed E-state index contributed by atoms with van der Waals surface area (Å²) in [4.78, 5) is 32.3. The van der Waals surface area contributed by atoms with Crippen LogP contribution in [0, 0.1) is 0 Å². The van der Waals surface area contributed by atoms with Crippen molar-refractivity contribution in [3.63, 3.8) is 0 Å². The summed E-state index contributed by atoms with van der Waals surface area (Å²) in [5.74, 6) is -1.48. The van der Waals surface area contributed by atoms with Crippen LogP contribution in [0.25, 0.3) is 0 Å². The Morgan fingerprint density at radius 3 is 2.40 bits per heavy atom. The van der Waals surface area contributed by atoms with E-state index in [1.54, 1.807) is 0 Å². The van der Waals surface area contributed by atoms with Crippen molar-refractivity contribution in [2.45, 2.75) is 13.0 Å². The molecule has 0 saturated carbocycles. The largest absolute Gasteiger partial charge is 0.467 e. The molecule has 0 aromatic rings. The van der Waals surface area contributed by atoms with Gasteiger partial charge in [-0.05, 0) is 0 Å². The first-order chi connectivity index (χ1) is 6.97. The molecular weight excluding hydrogens is 202 g/mol. The lowest BCUT2D eigenvalue weighted by Crippen LogP contribution is -2.48. The molecule has 0 spiro atoms. The zero-order chi connectivity index (χ0) is 11.8. The second-order valence-electron chi connectivity index (χ2n) is 2.87. The zero-order valence-corrected chi connectivity index (χ0v) is 8.70. The molecule has 7 nitrogen and oxygen atoms in total. The van der Waals surface area contributed by atoms with E-state index in [0.717, 1.165) is 0 Å². The fraction of sp³-hybridized carbons (Fsp3) is 0.625. The standard InChI is InChI=1S/C8H15N3O4/c1-5(12)11-6(8(14)15-2)3-10-4-7(9)13/h6,10H,3-4H2,1-2H3,(H2,9,13)(H,11,12). The van der Waals surface area contributed by atoms with Gasteiger partial charge in [-0.15, -0.1) is 0 Å². The number of methoxy groups -OCH3 is 1. The van der Waals surface area contributed by atoms with Crippen LogP contribution in [-0.4, -0.2) is 44.0 Å². The first kappa shape index (κ1) is 13.4. The lowest BCUT2D eigenvalue weighted by molar-refractivity contribution is -0.144. The van der Waals surface area contributed by atoms with Crippen LogP contribution in [0.3, 0.4) is 0 Å². The molecule has 0 aliphatic rings. The van der Waals surface area contributed by atoms with Crippen molar-refractivity contribution in [1.29, 1.82) is 0 Å². The van der Waals surface area contributed by atoms with E-state index in [1.165, 1.54) is 14.0 Å². The average molecular weight is 217 g/mol. The highest BCUT2D eigenvalue weighted by Gasteiger charge is 2.19. The van der Waals surface area contributed by atoms with Crippen LogP contribution >= 0.6 is 0 Å². The Hall–Kier alpha value is -1.63. The van der Waals surface area contributed by atoms with Gasteiger partial charge in [0.05, 0.1) is 13.7 Å². The second kappa shape index (κ2) is 6.77. The predicted octanol–water partition coefficient (Wildman–Crippen LogP) is -2.26. The van der Waals surface area contributed by atoms with Gasteiger partial charge < -0.3 is 21.1 Å². The van der Waals surface area contributed by atoms with Gasteiger partial charge in [-0.1, -0.05) is 0 Å². The summed E-state index contributed by atoms with van der Waals surface area (Å²) < 4.78 is 4.46. The Bertz CT molecular complexity index is 254. The Kier molecular flexibility index (Phi) is 6.03. The van der Waals surface area contributed by atoms with Crippen LogP contribution in [0.1, 0.15) is 6.92 Å². The fourth-order valence-corrected chi connectivity index (χ4v) is 0.921. The van der Waals surface area contributed by atoms with Gasteiger partial charge >= 0.3 is 5.97 Å². The third kappa shape index (κ3) is 6.44. The number of nitrogens with one attached hydrogen (secondary N) is 2. The van der Waals surface area contributed by atoms with Crippen LogP contribution in [0.2, 0.25) is 0 Å². The van der Waals surface area contributed by atoms with Crippen molar-refractivity contribution in [1.82, 2.24) is 10.6 Å². The monoisotopic (exact) mass is 217 g/mol. The minimum Gasteiger partial charge on any atom is -0.467 e. The lowest BCUT2D eigenvalue weighted by Gasteiger charge is -2.15. The van der Waals surface area contributed by atoms with E-state index in [-0.39, 0.29) is 19.0 Å². The molecule has 0 heterocycles. The Morgan fingerprint density at radius 1 is 1.40 bits per heavy atom. The summed E-state index contributed by atoms with van der Waals surface area (Å²) in [6.07, 6.45) is 0. The summed E-state index contributed by atoms with van der Waals surface area (Å²) in [6, 6.07) is -0.813. The third-order valence-electron chi connectivity index (χ3n) is 1.51. The molecular formula is C8H15N3O4. The van der Waals surface area contributed by atoms with Crippen molar-refractivity contribution in [3.05, 3.63) is 0 Å². The van der Waals surface area contributed by atoms with Crippen molar-refractivity contribution >= 4 is 17.8 Å². The fourth-order valence-electron chi connectivity index (χ4n) is 0.921. The first-order valence-electron chi connectivity index (χ1n) is 4.31. The number of ether oxygens (including phenoxy) is 1. The quantitative estimate of drug-likeness (QED) is 0.435. The predicted molar refractivity (Wildman–Crippen MR) is 51.7 cm³/mol. The molecule has 0 rings (SSSR count). The van der Waals surface area contributed by atoms with Gasteiger partial charge in [0.1, 0.15) is 6.04 Å². The van der Waals surface area contributed by atoms with Gasteiger partial charge in [0.25, 0.3) is 0 Å². The van der Waals surface area contributed by atoms with Crippen LogP contribution < -0.4 is 16.4 Å². The van der Waals surface area contributed by atoms with E-state index in [9.17, 15) is 14.4 Å². The van der Waals surface area contributed by atoms with E-state index in [2.05, 4.69) is 15.4 Å². The highest BCUT2D eigenvalue weighted by molar-refractivity contribution is 5.83. The molecule has 0 bridgehead atoms. The first-order valence-corrected chi connectivity index (χ1v) is 4.31. The second-order valence-corrected chi connectivity index (χ2v) is 2.87. The zero-order valence-electron chi connectivity index (χ0n) is 8.70. The molecule has 4 N–H and O–H groups in total. The number of carbonyl (C=O) groups is 3. The van der Waals surface area contributed by atoms with Crippen molar-refractivity contribution < 1.29 is 19.1 Å². The number of nitrogens with two attached hydrogens (primary N) is 1. The normalized spacial score (nSPS) is 11.6. The van der Waals surface area contributed by atoms with Gasteiger partial charge in [0.15, 0.2) is 0 Å². The maximum atomic E-state index is 11.1. The van der Waals surface area contributed by atoms with Crippen LogP contribution in [0.4, 0.5) is 0 Å². The summed E-state index contributed by atoms with van der Waals surface area (Å²) in [7, 11) is 1.21. The molecule has 15 heavy (non-hydrogen) atoms. The van der Waals surface area contributed by atoms with E-state index in [4.69, 9.17) is 5.73 Å². The molecule has 0 fully saturated rings. The number of rotatable bonds is 6. The van der Waals surface area contributed by atoms with Gasteiger partial charge in [-0.3, -0.25) is 9.59 Å². The molecule has 0 aliphatic carbocycles. The van der Waals surface area contributed by atoms with Crippen molar-refractivity contribution in [2.75, 3.05) is 20.2 Å². The summed E-state index contributed by atoms with van der Waals surface area (Å²) >= 11 is 0. The number of carbonyl (C=O) groups excluding carboxylic acids is 3.